The molecule has 1 aliphatic heterocycles. The predicted octanol–water partition coefficient (Wildman–Crippen LogP) is 3.10. The first kappa shape index (κ1) is 23.0. The van der Waals surface area contributed by atoms with E-state index in [1.165, 1.54) is 38.8 Å². The number of ether oxygens (including phenoxy) is 1. The molecule has 1 saturated carbocycles. The van der Waals surface area contributed by atoms with Crippen LogP contribution in [-0.4, -0.2) is 62.8 Å². The number of rotatable bonds is 9. The first-order valence-corrected chi connectivity index (χ1v) is 9.78. The number of piperidine rings is 1. The van der Waals surface area contributed by atoms with E-state index in [1.54, 1.807) is 0 Å². The summed E-state index contributed by atoms with van der Waals surface area (Å²) in [6, 6.07) is 0. The second-order valence-electron chi connectivity index (χ2n) is 8.23. The summed E-state index contributed by atoms with van der Waals surface area (Å²) >= 11 is 0. The van der Waals surface area contributed by atoms with Crippen molar-refractivity contribution in [2.45, 2.75) is 58.4 Å². The van der Waals surface area contributed by atoms with Gasteiger partial charge in [0.15, 0.2) is 5.96 Å². The Kier molecular flexibility index (Phi) is 10.6. The van der Waals surface area contributed by atoms with Crippen LogP contribution in [0.3, 0.4) is 0 Å². The Morgan fingerprint density at radius 3 is 2.64 bits per heavy atom. The lowest BCUT2D eigenvalue weighted by atomic mass is 9.93. The monoisotopic (exact) mass is 466 g/mol. The first-order chi connectivity index (χ1) is 11.5. The second kappa shape index (κ2) is 11.6. The molecular formula is C19H39IN4O. The van der Waals surface area contributed by atoms with Gasteiger partial charge < -0.3 is 15.4 Å². The molecule has 6 heteroatoms. The zero-order valence-electron chi connectivity index (χ0n) is 16.6. The van der Waals surface area contributed by atoms with Gasteiger partial charge in [-0.05, 0) is 64.3 Å². The maximum absolute atomic E-state index is 5.67. The number of aliphatic imine (C=N–C) groups is 1. The Bertz CT molecular complexity index is 399. The van der Waals surface area contributed by atoms with Crippen LogP contribution in [0.1, 0.15) is 52.9 Å². The Hall–Kier alpha value is -0.0800. The molecule has 25 heavy (non-hydrogen) atoms. The van der Waals surface area contributed by atoms with Crippen LogP contribution < -0.4 is 10.6 Å². The first-order valence-electron chi connectivity index (χ1n) is 9.78. The maximum atomic E-state index is 5.67. The molecule has 1 aliphatic carbocycles. The van der Waals surface area contributed by atoms with E-state index in [-0.39, 0.29) is 29.5 Å². The molecule has 0 aromatic rings. The maximum Gasteiger partial charge on any atom is 0.191 e. The fourth-order valence-corrected chi connectivity index (χ4v) is 3.29. The highest BCUT2D eigenvalue weighted by atomic mass is 127. The van der Waals surface area contributed by atoms with Gasteiger partial charge in [-0.2, -0.15) is 0 Å². The van der Waals surface area contributed by atoms with Gasteiger partial charge in [0.2, 0.25) is 0 Å². The van der Waals surface area contributed by atoms with Gasteiger partial charge in [0.25, 0.3) is 0 Å². The Morgan fingerprint density at radius 1 is 1.24 bits per heavy atom. The van der Waals surface area contributed by atoms with Gasteiger partial charge in [-0.15, -0.1) is 24.0 Å². The summed E-state index contributed by atoms with van der Waals surface area (Å²) in [6.45, 7) is 13.1. The minimum absolute atomic E-state index is 0. The molecule has 0 aromatic heterocycles. The molecule has 0 bridgehead atoms. The van der Waals surface area contributed by atoms with Crippen molar-refractivity contribution in [3.63, 3.8) is 0 Å². The van der Waals surface area contributed by atoms with Crippen LogP contribution in [0.2, 0.25) is 0 Å². The van der Waals surface area contributed by atoms with Crippen LogP contribution >= 0.6 is 24.0 Å². The van der Waals surface area contributed by atoms with Crippen molar-refractivity contribution in [3.05, 3.63) is 0 Å². The molecule has 0 amide bonds. The average molecular weight is 466 g/mol. The van der Waals surface area contributed by atoms with Crippen molar-refractivity contribution < 1.29 is 4.74 Å². The van der Waals surface area contributed by atoms with Crippen molar-refractivity contribution in [1.29, 1.82) is 0 Å². The number of nitrogens with one attached hydrogen (secondary N) is 2. The van der Waals surface area contributed by atoms with E-state index < -0.39 is 0 Å². The minimum Gasteiger partial charge on any atom is -0.381 e. The molecule has 0 aromatic carbocycles. The molecule has 0 spiro atoms. The van der Waals surface area contributed by atoms with E-state index in [9.17, 15) is 0 Å². The number of likely N-dealkylation sites (tertiary alicyclic amines) is 1. The zero-order valence-corrected chi connectivity index (χ0v) is 19.0. The fourth-order valence-electron chi connectivity index (χ4n) is 3.29. The smallest absolute Gasteiger partial charge is 0.191 e. The molecule has 148 valence electrons. The number of halogens is 1. The summed E-state index contributed by atoms with van der Waals surface area (Å²) in [5, 5.41) is 6.90. The highest BCUT2D eigenvalue weighted by molar-refractivity contribution is 14.0. The third-order valence-corrected chi connectivity index (χ3v) is 5.23. The van der Waals surface area contributed by atoms with Gasteiger partial charge >= 0.3 is 0 Å². The summed E-state index contributed by atoms with van der Waals surface area (Å²) in [5.74, 6) is 2.56. The summed E-state index contributed by atoms with van der Waals surface area (Å²) in [7, 11) is 1.84. The average Bonchev–Trinajstić information content (AvgIpc) is 3.38. The van der Waals surface area contributed by atoms with Crippen molar-refractivity contribution in [2.75, 3.05) is 46.4 Å². The number of nitrogens with zero attached hydrogens (tertiary/aromatic N) is 2. The van der Waals surface area contributed by atoms with Crippen molar-refractivity contribution in [1.82, 2.24) is 15.5 Å². The van der Waals surface area contributed by atoms with Crippen LogP contribution in [0, 0.1) is 11.8 Å². The van der Waals surface area contributed by atoms with E-state index >= 15 is 0 Å². The molecule has 2 aliphatic rings. The van der Waals surface area contributed by atoms with Crippen LogP contribution in [0.5, 0.6) is 0 Å². The zero-order chi connectivity index (χ0) is 17.4. The lowest BCUT2D eigenvalue weighted by Gasteiger charge is -2.43. The Morgan fingerprint density at radius 2 is 2.00 bits per heavy atom. The van der Waals surface area contributed by atoms with Gasteiger partial charge in [0, 0.05) is 45.4 Å². The van der Waals surface area contributed by atoms with E-state index in [2.05, 4.69) is 41.3 Å². The highest BCUT2D eigenvalue weighted by Gasteiger charge is 2.30. The van der Waals surface area contributed by atoms with Crippen LogP contribution in [0.25, 0.3) is 0 Å². The van der Waals surface area contributed by atoms with E-state index in [0.29, 0.717) is 0 Å². The van der Waals surface area contributed by atoms with Crippen LogP contribution in [0.4, 0.5) is 0 Å². The molecular weight excluding hydrogens is 427 g/mol. The molecule has 2 N–H and O–H groups in total. The van der Waals surface area contributed by atoms with Gasteiger partial charge in [-0.3, -0.25) is 9.89 Å². The van der Waals surface area contributed by atoms with Crippen LogP contribution in [0.15, 0.2) is 4.99 Å². The lowest BCUT2D eigenvalue weighted by Crippen LogP contribution is -2.56. The SMILES string of the molecule is CN=C(NCCCOCC1CC1)NCC(C)(C)N1CCCC(C)C1.I. The molecule has 1 saturated heterocycles. The molecule has 1 heterocycles. The second-order valence-corrected chi connectivity index (χ2v) is 8.23. The quantitative estimate of drug-likeness (QED) is 0.237. The van der Waals surface area contributed by atoms with Crippen molar-refractivity contribution in [2.24, 2.45) is 16.8 Å². The number of hydrogen-bond acceptors (Lipinski definition) is 3. The minimum atomic E-state index is 0. The number of guanidine groups is 1. The molecule has 2 rings (SSSR count). The summed E-state index contributed by atoms with van der Waals surface area (Å²) in [5.41, 5.74) is 0.152. The topological polar surface area (TPSA) is 48.9 Å². The Labute approximate surface area is 171 Å². The third-order valence-electron chi connectivity index (χ3n) is 5.23. The van der Waals surface area contributed by atoms with E-state index in [0.717, 1.165) is 50.5 Å². The Balaban J connectivity index is 0.00000312. The standard InChI is InChI=1S/C19H38N4O.HI/c1-16-7-5-11-23(13-16)19(2,3)15-22-18(20-4)21-10-6-12-24-14-17-8-9-17;/h16-17H,5-15H2,1-4H3,(H2,20,21,22);1H. The van der Waals surface area contributed by atoms with Crippen molar-refractivity contribution >= 4 is 29.9 Å². The highest BCUT2D eigenvalue weighted by Crippen LogP contribution is 2.28. The van der Waals surface area contributed by atoms with E-state index in [1.807, 2.05) is 7.05 Å². The summed E-state index contributed by atoms with van der Waals surface area (Å²) in [6.07, 6.45) is 6.44. The van der Waals surface area contributed by atoms with Crippen LogP contribution in [-0.2, 0) is 4.74 Å². The number of hydrogen-bond donors (Lipinski definition) is 2. The van der Waals surface area contributed by atoms with Gasteiger partial charge in [-0.1, -0.05) is 6.92 Å². The van der Waals surface area contributed by atoms with Gasteiger partial charge in [0.1, 0.15) is 0 Å². The molecule has 5 nitrogen and oxygen atoms in total. The normalized spacial score (nSPS) is 22.4. The summed E-state index contributed by atoms with van der Waals surface area (Å²) in [4.78, 5) is 6.96. The van der Waals surface area contributed by atoms with Gasteiger partial charge in [0.05, 0.1) is 0 Å². The molecule has 1 unspecified atom stereocenters. The van der Waals surface area contributed by atoms with Crippen molar-refractivity contribution in [3.8, 4) is 0 Å². The predicted molar refractivity (Wildman–Crippen MR) is 117 cm³/mol. The lowest BCUT2D eigenvalue weighted by molar-refractivity contribution is 0.0739. The molecule has 1 atom stereocenters. The fraction of sp³-hybridized carbons (Fsp3) is 0.947. The van der Waals surface area contributed by atoms with E-state index in [4.69, 9.17) is 4.74 Å². The third kappa shape index (κ3) is 8.91. The molecule has 0 radical (unpaired) electrons. The van der Waals surface area contributed by atoms with Gasteiger partial charge in [-0.25, -0.2) is 0 Å². The molecule has 2 fully saturated rings. The largest absolute Gasteiger partial charge is 0.381 e. The summed E-state index contributed by atoms with van der Waals surface area (Å²) < 4.78 is 5.67.